The Balaban J connectivity index is 0. The summed E-state index contributed by atoms with van der Waals surface area (Å²) in [6.45, 7) is 23.4. The van der Waals surface area contributed by atoms with Gasteiger partial charge in [0.15, 0.2) is 0 Å². The number of nitrogens with one attached hydrogen (secondary N) is 3. The van der Waals surface area contributed by atoms with Crippen molar-refractivity contribution >= 4 is 222 Å². The molecule has 0 radical (unpaired) electrons. The number of aliphatic carboxylic acids is 1. The number of nitro groups is 1. The number of nitrogen functional groups attached to an aromatic ring is 2. The molecule has 5 aromatic carbocycles. The number of non-ortho nitro benzene ring substituents is 1. The van der Waals surface area contributed by atoms with Crippen molar-refractivity contribution in [3.05, 3.63) is 155 Å². The highest BCUT2D eigenvalue weighted by Gasteiger charge is 2.29. The number of rotatable bonds is 38. The summed E-state index contributed by atoms with van der Waals surface area (Å²) < 4.78 is 41.2. The van der Waals surface area contributed by atoms with Gasteiger partial charge in [0.2, 0.25) is 0 Å². The molecule has 33 nitrogen and oxygen atoms in total. The molecule has 0 unspecified atom stereocenters. The Bertz CT molecular complexity index is 4190. The van der Waals surface area contributed by atoms with Crippen molar-refractivity contribution in [1.29, 1.82) is 0 Å². The standard InChI is InChI=1S/C21H33BCl2N2O5.C17H27BN2O5.C16H22Cl2N2O4.C9H19BINO3.C8H6BrNO4.C8H8BrNO2.C2H3ClO/c1-21(2,3)31-19(27)14-16(25-22(4)29)12-15-13-17(26(10-8-23)11-9-24)6-7-18(15)20(28)30-5;1-17(2,3)25-15(21)10-13(20-18(4)23)9-11-8-12(19)6-7-14(11)16(22)24-5;1-24-16(23)14-3-2-13(20(6-4-17)7-5-18)9-11(14)8-12(19)10-15(21)22;1-9(2,3)15-8(13)5-7(6-11)12-10(4)14;1-14-8(11)6-3-2-5(10(12)13)4-7(6)9;1-12-8(11)6-3-2-5(10)4-7(6)9;3-1-2-4/h6-7,13,16,25,29H,8-12,14H2,1-5H3;6-8,13,20,23H,9-10,19H2,1-5H3;2-3,9,12H,4-8,10,19H2,1H3,(H,21,22);7,12,14H,5-6H2,1-4H3;2-4H,1H3;2-4H,10H2,1H3;2H,1H2/t16-;13-;12-;7-;;;/m0001.../s1. The van der Waals surface area contributed by atoms with Crippen LogP contribution >= 0.6 is 112 Å². The number of anilines is 4. The molecule has 0 aromatic heterocycles. The molecule has 13 N–H and O–H groups in total. The van der Waals surface area contributed by atoms with E-state index >= 15 is 0 Å². The molecule has 0 heterocycles. The lowest BCUT2D eigenvalue weighted by atomic mass is 9.85. The first-order valence-corrected chi connectivity index (χ1v) is 44.4. The molecule has 0 bridgehead atoms. The van der Waals surface area contributed by atoms with Gasteiger partial charge in [-0.05, 0) is 229 Å². The number of nitrogens with zero attached hydrogens (tertiary/aromatic N) is 3. The van der Waals surface area contributed by atoms with Gasteiger partial charge in [-0.3, -0.25) is 29.3 Å². The first-order valence-electron chi connectivity index (χ1n) is 38.6. The van der Waals surface area contributed by atoms with Crippen LogP contribution in [0, 0.1) is 10.1 Å². The second kappa shape index (κ2) is 63.6. The Morgan fingerprint density at radius 2 is 0.776 bits per heavy atom. The lowest BCUT2D eigenvalue weighted by Gasteiger charge is -2.26. The number of carbonyl (C=O) groups excluding carboxylic acids is 9. The number of benzene rings is 5. The van der Waals surface area contributed by atoms with Crippen LogP contribution in [-0.4, -0.2) is 243 Å². The van der Waals surface area contributed by atoms with E-state index in [4.69, 9.17) is 119 Å². The summed E-state index contributed by atoms with van der Waals surface area (Å²) in [5.74, 6) is -2.53. The van der Waals surface area contributed by atoms with Crippen LogP contribution in [-0.2, 0) is 81.1 Å². The molecule has 0 saturated heterocycles. The van der Waals surface area contributed by atoms with Crippen LogP contribution in [0.15, 0.2) is 99.9 Å². The van der Waals surface area contributed by atoms with Crippen molar-refractivity contribution in [1.82, 2.24) is 15.7 Å². The number of ether oxygens (including phenoxy) is 8. The molecule has 0 spiro atoms. The van der Waals surface area contributed by atoms with E-state index in [9.17, 15) is 63.3 Å². The number of halogens is 8. The Labute approximate surface area is 788 Å². The van der Waals surface area contributed by atoms with Gasteiger partial charge < -0.3 is 106 Å². The first-order chi connectivity index (χ1) is 58.3. The summed E-state index contributed by atoms with van der Waals surface area (Å²) in [5.41, 5.74) is 22.1. The highest BCUT2D eigenvalue weighted by Crippen LogP contribution is 2.28. The number of alkyl halides is 6. The molecule has 4 atom stereocenters. The number of esters is 8. The lowest BCUT2D eigenvalue weighted by molar-refractivity contribution is -0.384. The predicted molar refractivity (Wildman–Crippen MR) is 508 cm³/mol. The Kier molecular flexibility index (Phi) is 60.9. The number of aldehydes is 1. The molecule has 0 aliphatic heterocycles. The van der Waals surface area contributed by atoms with Crippen molar-refractivity contribution in [3.63, 3.8) is 0 Å². The molecular formula is C81H118B3Br2Cl5IN9O24. The third-order valence-corrected chi connectivity index (χ3v) is 18.8. The highest BCUT2D eigenvalue weighted by molar-refractivity contribution is 14.1. The normalized spacial score (nSPS) is 11.6. The topological polar surface area (TPSA) is 489 Å². The number of carbonyl (C=O) groups is 10. The van der Waals surface area contributed by atoms with E-state index in [0.29, 0.717) is 128 Å². The zero-order valence-electron chi connectivity index (χ0n) is 73.4. The highest BCUT2D eigenvalue weighted by atomic mass is 127. The van der Waals surface area contributed by atoms with Crippen LogP contribution in [0.25, 0.3) is 0 Å². The minimum Gasteiger partial charge on any atom is -0.481 e. The smallest absolute Gasteiger partial charge is 0.373 e. The lowest BCUT2D eigenvalue weighted by Crippen LogP contribution is -2.43. The fourth-order valence-electron chi connectivity index (χ4n) is 10.9. The SMILES string of the molecule is CB(O)N[C@@H](CI)CC(=O)OC(C)(C)C.COC(=O)c1ccc(N(CCCl)CCCl)cc1C[C@@H](CC(=O)OC(C)(C)C)NB(C)O.COC(=O)c1ccc(N(CCCl)CCCl)cc1C[C@H](N)CC(=O)O.COC(=O)c1ccc(N)cc1Br.COC(=O)c1ccc(N)cc1C[C@@H](CC(=O)OC(C)(C)C)NB(C)O.COC(=O)c1ccc([N+](=O)[O-])cc1Br.O=CCCl. The average molecular weight is 2100 g/mol. The maximum Gasteiger partial charge on any atom is 0.373 e. The zero-order chi connectivity index (χ0) is 96.2. The van der Waals surface area contributed by atoms with Gasteiger partial charge in [-0.2, -0.15) is 0 Å². The molecular weight excluding hydrogens is 1980 g/mol. The van der Waals surface area contributed by atoms with E-state index < -0.39 is 103 Å². The number of nitrogens with two attached hydrogens (primary N) is 3. The molecule has 0 amide bonds. The molecule has 5 rings (SSSR count). The summed E-state index contributed by atoms with van der Waals surface area (Å²) in [6.07, 6.45) is 1.67. The summed E-state index contributed by atoms with van der Waals surface area (Å²) in [5, 5.41) is 56.7. The molecule has 125 heavy (non-hydrogen) atoms. The van der Waals surface area contributed by atoms with Crippen molar-refractivity contribution in [3.8, 4) is 0 Å². The summed E-state index contributed by atoms with van der Waals surface area (Å²) in [6, 6.07) is 22.7. The van der Waals surface area contributed by atoms with Crippen LogP contribution in [0.4, 0.5) is 28.4 Å². The molecule has 696 valence electrons. The predicted octanol–water partition coefficient (Wildman–Crippen LogP) is 12.2. The van der Waals surface area contributed by atoms with Crippen LogP contribution in [0.1, 0.15) is 156 Å². The van der Waals surface area contributed by atoms with Crippen molar-refractivity contribution < 1.29 is 111 Å². The Morgan fingerprint density at radius 3 is 1.06 bits per heavy atom. The number of hydrogen-bond donors (Lipinski definition) is 10. The summed E-state index contributed by atoms with van der Waals surface area (Å²) >= 11 is 36.8. The average Bonchev–Trinajstić information content (AvgIpc) is 0.842. The van der Waals surface area contributed by atoms with E-state index in [-0.39, 0.29) is 67.2 Å². The fourth-order valence-corrected chi connectivity index (χ4v) is 13.3. The van der Waals surface area contributed by atoms with E-state index in [1.165, 1.54) is 53.7 Å². The molecule has 44 heteroatoms. The number of carboxylic acids is 1. The second-order valence-corrected chi connectivity index (χ2v) is 34.3. The quantitative estimate of drug-likeness (QED) is 0.00202. The van der Waals surface area contributed by atoms with E-state index in [2.05, 4.69) is 79.6 Å². The molecule has 0 fully saturated rings. The van der Waals surface area contributed by atoms with Gasteiger partial charge in [-0.15, -0.1) is 58.0 Å². The molecule has 0 saturated carbocycles. The van der Waals surface area contributed by atoms with Crippen LogP contribution in [0.2, 0.25) is 20.5 Å². The maximum absolute atomic E-state index is 12.4. The first kappa shape index (κ1) is 120. The monoisotopic (exact) mass is 2090 g/mol. The zero-order valence-corrected chi connectivity index (χ0v) is 82.5. The largest absolute Gasteiger partial charge is 0.481 e. The number of methoxy groups -OCH3 is 5. The minimum absolute atomic E-state index is 0.0279. The Hall–Kier alpha value is -7.35. The number of nitro benzene ring substituents is 1. The number of carboxylic acid groups (broad SMARTS) is 1. The summed E-state index contributed by atoms with van der Waals surface area (Å²) in [7, 11) is 4.23. The minimum atomic E-state index is -0.982. The van der Waals surface area contributed by atoms with Gasteiger partial charge in [0.25, 0.3) is 5.69 Å². The molecule has 0 aliphatic rings. The van der Waals surface area contributed by atoms with E-state index in [1.54, 1.807) is 117 Å². The Morgan fingerprint density at radius 1 is 0.488 bits per heavy atom. The molecule has 5 aromatic rings. The van der Waals surface area contributed by atoms with Crippen molar-refractivity contribution in [2.75, 3.05) is 117 Å². The maximum atomic E-state index is 12.4. The second-order valence-electron chi connectivity index (χ2n) is 29.9. The van der Waals surface area contributed by atoms with Gasteiger partial charge in [-0.1, -0.05) is 22.6 Å². The third kappa shape index (κ3) is 53.3. The van der Waals surface area contributed by atoms with E-state index in [1.807, 2.05) is 48.8 Å². The third-order valence-electron chi connectivity index (χ3n) is 15.7. The van der Waals surface area contributed by atoms with Crippen molar-refractivity contribution in [2.24, 2.45) is 5.73 Å². The van der Waals surface area contributed by atoms with Crippen LogP contribution in [0.3, 0.4) is 0 Å². The number of hydrogen-bond acceptors (Lipinski definition) is 31. The fraction of sp³-hybridized carbons (Fsp3) is 0.506. The van der Waals surface area contributed by atoms with Crippen LogP contribution in [0.5, 0.6) is 0 Å². The van der Waals surface area contributed by atoms with E-state index in [0.717, 1.165) is 15.8 Å². The van der Waals surface area contributed by atoms with Gasteiger partial charge in [0.1, 0.15) is 23.1 Å². The van der Waals surface area contributed by atoms with Crippen molar-refractivity contribution in [2.45, 2.75) is 169 Å². The summed E-state index contributed by atoms with van der Waals surface area (Å²) in [4.78, 5) is 128. The van der Waals surface area contributed by atoms with Gasteiger partial charge >= 0.3 is 74.9 Å². The van der Waals surface area contributed by atoms with Gasteiger partial charge in [0.05, 0.1) is 99.9 Å². The molecule has 0 aliphatic carbocycles. The van der Waals surface area contributed by atoms with Gasteiger partial charge in [-0.25, -0.2) is 24.0 Å². The van der Waals surface area contributed by atoms with Gasteiger partial charge in [0, 0.05) is 122 Å². The van der Waals surface area contributed by atoms with Crippen LogP contribution < -0.4 is 42.7 Å².